The molecule has 3 heterocycles. The third-order valence-electron chi connectivity index (χ3n) is 3.01. The Morgan fingerprint density at radius 1 is 1.13 bits per heavy atom. The highest BCUT2D eigenvalue weighted by Gasteiger charge is 2.21. The van der Waals surface area contributed by atoms with E-state index in [2.05, 4.69) is 25.5 Å². The maximum Gasteiger partial charge on any atom is 0.137 e. The van der Waals surface area contributed by atoms with Crippen LogP contribution in [0.3, 0.4) is 0 Å². The number of nitrogens with zero attached hydrogens (tertiary/aromatic N) is 3. The Labute approximate surface area is 88.9 Å². The van der Waals surface area contributed by atoms with Crippen molar-refractivity contribution in [1.29, 1.82) is 0 Å². The molecule has 2 aliphatic heterocycles. The fourth-order valence-corrected chi connectivity index (χ4v) is 2.24. The Morgan fingerprint density at radius 2 is 2.00 bits per heavy atom. The van der Waals surface area contributed by atoms with Crippen molar-refractivity contribution in [3.05, 3.63) is 11.9 Å². The largest absolute Gasteiger partial charge is 0.369 e. The third-order valence-corrected chi connectivity index (χ3v) is 3.01. The molecule has 5 nitrogen and oxygen atoms in total. The Bertz CT molecular complexity index is 359. The Morgan fingerprint density at radius 3 is 2.87 bits per heavy atom. The minimum Gasteiger partial charge on any atom is -0.369 e. The lowest BCUT2D eigenvalue weighted by Crippen LogP contribution is -2.44. The number of aromatic nitrogens is 2. The van der Waals surface area contributed by atoms with Gasteiger partial charge in [0.2, 0.25) is 0 Å². The number of rotatable bonds is 1. The van der Waals surface area contributed by atoms with Gasteiger partial charge >= 0.3 is 0 Å². The number of piperazine rings is 1. The van der Waals surface area contributed by atoms with Crippen LogP contribution in [-0.4, -0.2) is 42.7 Å². The first-order valence-corrected chi connectivity index (χ1v) is 5.48. The zero-order valence-corrected chi connectivity index (χ0v) is 8.66. The van der Waals surface area contributed by atoms with Gasteiger partial charge in [-0.2, -0.15) is 0 Å². The number of fused-ring (bicyclic) bond motifs is 1. The van der Waals surface area contributed by atoms with E-state index in [-0.39, 0.29) is 0 Å². The third kappa shape index (κ3) is 1.52. The molecular formula is C10H15N5. The lowest BCUT2D eigenvalue weighted by Gasteiger charge is -2.29. The molecule has 2 aliphatic rings. The van der Waals surface area contributed by atoms with Gasteiger partial charge in [-0.1, -0.05) is 0 Å². The number of hydrogen-bond donors (Lipinski definition) is 2. The number of anilines is 2. The Hall–Kier alpha value is -1.36. The summed E-state index contributed by atoms with van der Waals surface area (Å²) in [6.45, 7) is 5.18. The van der Waals surface area contributed by atoms with Crippen LogP contribution in [0.15, 0.2) is 6.33 Å². The molecule has 0 atom stereocenters. The molecule has 0 radical (unpaired) electrons. The Balaban J connectivity index is 1.93. The lowest BCUT2D eigenvalue weighted by molar-refractivity contribution is 0.583. The van der Waals surface area contributed by atoms with E-state index in [1.165, 1.54) is 5.56 Å². The molecule has 0 bridgehead atoms. The summed E-state index contributed by atoms with van der Waals surface area (Å²) >= 11 is 0. The van der Waals surface area contributed by atoms with Gasteiger partial charge in [-0.15, -0.1) is 0 Å². The van der Waals surface area contributed by atoms with Gasteiger partial charge < -0.3 is 15.5 Å². The van der Waals surface area contributed by atoms with E-state index in [1.54, 1.807) is 6.33 Å². The number of nitrogens with one attached hydrogen (secondary N) is 2. The highest BCUT2D eigenvalue weighted by atomic mass is 15.2. The fourth-order valence-electron chi connectivity index (χ4n) is 2.24. The van der Waals surface area contributed by atoms with Crippen molar-refractivity contribution in [2.75, 3.05) is 42.9 Å². The summed E-state index contributed by atoms with van der Waals surface area (Å²) in [7, 11) is 0. The molecule has 2 N–H and O–H groups in total. The SMILES string of the molecule is c1nc2c(c(N3CCNCC3)n1)CCN2. The van der Waals surface area contributed by atoms with Crippen LogP contribution in [0, 0.1) is 0 Å². The molecule has 0 spiro atoms. The van der Waals surface area contributed by atoms with Crippen molar-refractivity contribution in [3.63, 3.8) is 0 Å². The van der Waals surface area contributed by atoms with Crippen LogP contribution >= 0.6 is 0 Å². The summed E-state index contributed by atoms with van der Waals surface area (Å²) in [6, 6.07) is 0. The molecule has 0 unspecified atom stereocenters. The summed E-state index contributed by atoms with van der Waals surface area (Å²) in [5.41, 5.74) is 1.29. The van der Waals surface area contributed by atoms with Crippen molar-refractivity contribution in [3.8, 4) is 0 Å². The van der Waals surface area contributed by atoms with Gasteiger partial charge in [-0.05, 0) is 6.42 Å². The van der Waals surface area contributed by atoms with E-state index in [9.17, 15) is 0 Å². The topological polar surface area (TPSA) is 53.1 Å². The first-order chi connectivity index (χ1) is 7.45. The lowest BCUT2D eigenvalue weighted by atomic mass is 10.2. The van der Waals surface area contributed by atoms with Crippen molar-refractivity contribution < 1.29 is 0 Å². The van der Waals surface area contributed by atoms with E-state index >= 15 is 0 Å². The molecule has 3 rings (SSSR count). The predicted molar refractivity (Wildman–Crippen MR) is 59.3 cm³/mol. The normalized spacial score (nSPS) is 19.9. The molecular weight excluding hydrogens is 190 g/mol. The fraction of sp³-hybridized carbons (Fsp3) is 0.600. The zero-order chi connectivity index (χ0) is 10.1. The first-order valence-electron chi connectivity index (χ1n) is 5.48. The quantitative estimate of drug-likeness (QED) is 0.668. The second-order valence-electron chi connectivity index (χ2n) is 3.94. The van der Waals surface area contributed by atoms with Gasteiger partial charge in [0, 0.05) is 38.3 Å². The van der Waals surface area contributed by atoms with Gasteiger partial charge in [0.25, 0.3) is 0 Å². The van der Waals surface area contributed by atoms with Gasteiger partial charge in [0.15, 0.2) is 0 Å². The molecule has 15 heavy (non-hydrogen) atoms. The standard InChI is InChI=1S/C10H15N5/c1-2-12-9-8(1)10(14-7-13-9)15-5-3-11-4-6-15/h7,11H,1-6H2,(H,12,13,14). The van der Waals surface area contributed by atoms with Crippen LogP contribution in [0.2, 0.25) is 0 Å². The molecule has 1 saturated heterocycles. The van der Waals surface area contributed by atoms with Crippen LogP contribution in [0.5, 0.6) is 0 Å². The van der Waals surface area contributed by atoms with Crippen LogP contribution in [0.1, 0.15) is 5.56 Å². The van der Waals surface area contributed by atoms with Gasteiger partial charge in [0.1, 0.15) is 18.0 Å². The molecule has 0 saturated carbocycles. The van der Waals surface area contributed by atoms with E-state index in [0.29, 0.717) is 0 Å². The molecule has 0 amide bonds. The Kier molecular flexibility index (Phi) is 2.17. The average molecular weight is 205 g/mol. The summed E-state index contributed by atoms with van der Waals surface area (Å²) < 4.78 is 0. The number of hydrogen-bond acceptors (Lipinski definition) is 5. The van der Waals surface area contributed by atoms with Gasteiger partial charge in [-0.3, -0.25) is 0 Å². The molecule has 5 heteroatoms. The van der Waals surface area contributed by atoms with Crippen molar-refractivity contribution in [2.24, 2.45) is 0 Å². The summed E-state index contributed by atoms with van der Waals surface area (Å²) in [5, 5.41) is 6.64. The molecule has 1 fully saturated rings. The summed E-state index contributed by atoms with van der Waals surface area (Å²) in [6.07, 6.45) is 2.71. The minimum absolute atomic E-state index is 0.993. The smallest absolute Gasteiger partial charge is 0.137 e. The second kappa shape index (κ2) is 3.66. The monoisotopic (exact) mass is 205 g/mol. The van der Waals surface area contributed by atoms with Crippen LogP contribution in [0.25, 0.3) is 0 Å². The van der Waals surface area contributed by atoms with E-state index in [4.69, 9.17) is 0 Å². The minimum atomic E-state index is 0.993. The van der Waals surface area contributed by atoms with Gasteiger partial charge in [-0.25, -0.2) is 9.97 Å². The average Bonchev–Trinajstić information content (AvgIpc) is 2.78. The first kappa shape index (κ1) is 8.91. The maximum absolute atomic E-state index is 4.42. The summed E-state index contributed by atoms with van der Waals surface area (Å²) in [4.78, 5) is 11.0. The van der Waals surface area contributed by atoms with Crippen molar-refractivity contribution in [2.45, 2.75) is 6.42 Å². The zero-order valence-electron chi connectivity index (χ0n) is 8.66. The maximum atomic E-state index is 4.42. The van der Waals surface area contributed by atoms with Crippen molar-refractivity contribution >= 4 is 11.6 Å². The molecule has 0 aromatic carbocycles. The van der Waals surface area contributed by atoms with Crippen LogP contribution < -0.4 is 15.5 Å². The highest BCUT2D eigenvalue weighted by Crippen LogP contribution is 2.27. The molecule has 80 valence electrons. The predicted octanol–water partition coefficient (Wildman–Crippen LogP) is -0.146. The van der Waals surface area contributed by atoms with Crippen LogP contribution in [0.4, 0.5) is 11.6 Å². The second-order valence-corrected chi connectivity index (χ2v) is 3.94. The molecule has 1 aromatic rings. The highest BCUT2D eigenvalue weighted by molar-refractivity contribution is 5.62. The van der Waals surface area contributed by atoms with Gasteiger partial charge in [0.05, 0.1) is 0 Å². The summed E-state index contributed by atoms with van der Waals surface area (Å²) in [5.74, 6) is 2.16. The van der Waals surface area contributed by atoms with Crippen molar-refractivity contribution in [1.82, 2.24) is 15.3 Å². The van der Waals surface area contributed by atoms with Crippen LogP contribution in [-0.2, 0) is 6.42 Å². The van der Waals surface area contributed by atoms with E-state index in [0.717, 1.165) is 50.8 Å². The van der Waals surface area contributed by atoms with E-state index < -0.39 is 0 Å². The molecule has 0 aliphatic carbocycles. The van der Waals surface area contributed by atoms with E-state index in [1.807, 2.05) is 0 Å². The molecule has 1 aromatic heterocycles.